The molecule has 0 unspecified atom stereocenters. The number of benzene rings is 2. The molecule has 2 aromatic carbocycles. The normalized spacial score (nSPS) is 10.0. The van der Waals surface area contributed by atoms with Crippen LogP contribution in [0.1, 0.15) is 28.4 Å². The first-order valence-electron chi connectivity index (χ1n) is 6.52. The number of nitrogens with zero attached hydrogens (tertiary/aromatic N) is 2. The minimum Gasteiger partial charge on any atom is -0.370 e. The molecule has 0 heterocycles. The molecule has 4 heteroatoms. The number of carbonyl (C=O) groups excluding carboxylic acids is 1. The lowest BCUT2D eigenvalue weighted by atomic mass is 10.1. The molecule has 0 saturated carbocycles. The summed E-state index contributed by atoms with van der Waals surface area (Å²) in [6.07, 6.45) is 0. The van der Waals surface area contributed by atoms with E-state index < -0.39 is 0 Å². The summed E-state index contributed by atoms with van der Waals surface area (Å²) in [5.41, 5.74) is 3.24. The maximum Gasteiger partial charge on any atom is 0.161 e. The number of anilines is 1. The molecule has 0 saturated heterocycles. The monoisotopic (exact) mass is 342 g/mol. The van der Waals surface area contributed by atoms with Crippen molar-refractivity contribution in [2.24, 2.45) is 0 Å². The van der Waals surface area contributed by atoms with Gasteiger partial charge in [-0.05, 0) is 42.8 Å². The number of rotatable bonds is 4. The van der Waals surface area contributed by atoms with E-state index in [1.807, 2.05) is 48.3 Å². The quantitative estimate of drug-likeness (QED) is 0.783. The molecular weight excluding hydrogens is 328 g/mol. The van der Waals surface area contributed by atoms with Gasteiger partial charge in [0.15, 0.2) is 5.78 Å². The standard InChI is InChI=1S/C17H15BrN2O/c1-12(21)16-7-6-15(18)9-17(16)20(2)11-14-5-3-4-13(8-14)10-19/h3-9H,11H2,1-2H3. The van der Waals surface area contributed by atoms with E-state index in [2.05, 4.69) is 22.0 Å². The van der Waals surface area contributed by atoms with Crippen molar-refractivity contribution in [1.29, 1.82) is 5.26 Å². The van der Waals surface area contributed by atoms with Gasteiger partial charge in [0.05, 0.1) is 11.6 Å². The van der Waals surface area contributed by atoms with Crippen LogP contribution >= 0.6 is 15.9 Å². The molecule has 0 aliphatic rings. The van der Waals surface area contributed by atoms with E-state index in [1.165, 1.54) is 0 Å². The van der Waals surface area contributed by atoms with E-state index in [0.717, 1.165) is 15.7 Å². The summed E-state index contributed by atoms with van der Waals surface area (Å²) < 4.78 is 0.931. The van der Waals surface area contributed by atoms with Gasteiger partial charge in [0.1, 0.15) is 0 Å². The van der Waals surface area contributed by atoms with Crippen LogP contribution in [-0.4, -0.2) is 12.8 Å². The Morgan fingerprint density at radius 3 is 2.71 bits per heavy atom. The Morgan fingerprint density at radius 2 is 2.05 bits per heavy atom. The van der Waals surface area contributed by atoms with Crippen molar-refractivity contribution >= 4 is 27.4 Å². The SMILES string of the molecule is CC(=O)c1ccc(Br)cc1N(C)Cc1cccc(C#N)c1. The second-order valence-corrected chi connectivity index (χ2v) is 5.80. The van der Waals surface area contributed by atoms with Gasteiger partial charge in [0.25, 0.3) is 0 Å². The van der Waals surface area contributed by atoms with Gasteiger partial charge >= 0.3 is 0 Å². The smallest absolute Gasteiger partial charge is 0.161 e. The van der Waals surface area contributed by atoms with Gasteiger partial charge in [-0.15, -0.1) is 0 Å². The zero-order chi connectivity index (χ0) is 15.4. The van der Waals surface area contributed by atoms with Gasteiger partial charge in [-0.2, -0.15) is 5.26 Å². The molecule has 0 bridgehead atoms. The predicted octanol–water partition coefficient (Wildman–Crippen LogP) is 4.16. The van der Waals surface area contributed by atoms with E-state index in [0.29, 0.717) is 17.7 Å². The summed E-state index contributed by atoms with van der Waals surface area (Å²) in [5, 5.41) is 8.95. The van der Waals surface area contributed by atoms with Gasteiger partial charge in [0, 0.05) is 29.3 Å². The third-order valence-corrected chi connectivity index (χ3v) is 3.72. The second-order valence-electron chi connectivity index (χ2n) is 4.89. The molecule has 0 N–H and O–H groups in total. The van der Waals surface area contributed by atoms with E-state index in [9.17, 15) is 4.79 Å². The summed E-state index contributed by atoms with van der Waals surface area (Å²) in [7, 11) is 1.94. The number of carbonyl (C=O) groups is 1. The van der Waals surface area contributed by atoms with Gasteiger partial charge in [-0.3, -0.25) is 4.79 Å². The summed E-state index contributed by atoms with van der Waals surface area (Å²) in [6.45, 7) is 2.20. The van der Waals surface area contributed by atoms with Crippen molar-refractivity contribution in [3.05, 3.63) is 63.6 Å². The largest absolute Gasteiger partial charge is 0.370 e. The summed E-state index contributed by atoms with van der Waals surface area (Å²) >= 11 is 3.44. The highest BCUT2D eigenvalue weighted by Gasteiger charge is 2.12. The molecule has 0 radical (unpaired) electrons. The minimum atomic E-state index is 0.0372. The number of hydrogen-bond acceptors (Lipinski definition) is 3. The van der Waals surface area contributed by atoms with Crippen LogP contribution in [0, 0.1) is 11.3 Å². The van der Waals surface area contributed by atoms with Gasteiger partial charge in [0.2, 0.25) is 0 Å². The van der Waals surface area contributed by atoms with Crippen LogP contribution < -0.4 is 4.90 Å². The van der Waals surface area contributed by atoms with Gasteiger partial charge < -0.3 is 4.90 Å². The van der Waals surface area contributed by atoms with Crippen LogP contribution in [-0.2, 0) is 6.54 Å². The van der Waals surface area contributed by atoms with Crippen LogP contribution in [0.25, 0.3) is 0 Å². The van der Waals surface area contributed by atoms with Crippen molar-refractivity contribution in [2.75, 3.05) is 11.9 Å². The molecule has 106 valence electrons. The fourth-order valence-electron chi connectivity index (χ4n) is 2.22. The van der Waals surface area contributed by atoms with E-state index in [4.69, 9.17) is 5.26 Å². The van der Waals surface area contributed by atoms with Crippen LogP contribution in [0.2, 0.25) is 0 Å². The van der Waals surface area contributed by atoms with Crippen LogP contribution in [0.4, 0.5) is 5.69 Å². The molecular formula is C17H15BrN2O. The topological polar surface area (TPSA) is 44.1 Å². The van der Waals surface area contributed by atoms with Gasteiger partial charge in [-0.25, -0.2) is 0 Å². The zero-order valence-corrected chi connectivity index (χ0v) is 13.5. The number of Topliss-reactive ketones (excluding diaryl/α,β-unsaturated/α-hetero) is 1. The average molecular weight is 343 g/mol. The fraction of sp³-hybridized carbons (Fsp3) is 0.176. The molecule has 2 rings (SSSR count). The minimum absolute atomic E-state index is 0.0372. The lowest BCUT2D eigenvalue weighted by Crippen LogP contribution is -2.19. The highest BCUT2D eigenvalue weighted by molar-refractivity contribution is 9.10. The lowest BCUT2D eigenvalue weighted by molar-refractivity contribution is 0.101. The number of halogens is 1. The maximum atomic E-state index is 11.7. The summed E-state index contributed by atoms with van der Waals surface area (Å²) in [4.78, 5) is 13.8. The number of nitriles is 1. The maximum absolute atomic E-state index is 11.7. The van der Waals surface area contributed by atoms with Crippen molar-refractivity contribution in [3.63, 3.8) is 0 Å². The molecule has 0 aliphatic heterocycles. The highest BCUT2D eigenvalue weighted by Crippen LogP contribution is 2.26. The first-order chi connectivity index (χ1) is 10.0. The molecule has 0 fully saturated rings. The molecule has 0 aliphatic carbocycles. The van der Waals surface area contributed by atoms with E-state index in [-0.39, 0.29) is 5.78 Å². The Balaban J connectivity index is 2.32. The third kappa shape index (κ3) is 3.71. The molecule has 0 aromatic heterocycles. The predicted molar refractivity (Wildman–Crippen MR) is 87.4 cm³/mol. The molecule has 2 aromatic rings. The van der Waals surface area contributed by atoms with E-state index in [1.54, 1.807) is 13.0 Å². The highest BCUT2D eigenvalue weighted by atomic mass is 79.9. The summed E-state index contributed by atoms with van der Waals surface area (Å²) in [5.74, 6) is 0.0372. The molecule has 3 nitrogen and oxygen atoms in total. The first kappa shape index (κ1) is 15.3. The van der Waals surface area contributed by atoms with Crippen LogP contribution in [0.5, 0.6) is 0 Å². The lowest BCUT2D eigenvalue weighted by Gasteiger charge is -2.22. The third-order valence-electron chi connectivity index (χ3n) is 3.23. The number of hydrogen-bond donors (Lipinski definition) is 0. The molecule has 21 heavy (non-hydrogen) atoms. The van der Waals surface area contributed by atoms with Crippen LogP contribution in [0.15, 0.2) is 46.9 Å². The van der Waals surface area contributed by atoms with Gasteiger partial charge in [-0.1, -0.05) is 28.1 Å². The zero-order valence-electron chi connectivity index (χ0n) is 11.9. The Morgan fingerprint density at radius 1 is 1.29 bits per heavy atom. The first-order valence-corrected chi connectivity index (χ1v) is 7.31. The Bertz CT molecular complexity index is 719. The Kier molecular flexibility index (Phi) is 4.77. The fourth-order valence-corrected chi connectivity index (χ4v) is 2.57. The van der Waals surface area contributed by atoms with Crippen molar-refractivity contribution in [2.45, 2.75) is 13.5 Å². The van der Waals surface area contributed by atoms with Crippen molar-refractivity contribution in [3.8, 4) is 6.07 Å². The van der Waals surface area contributed by atoms with Crippen molar-refractivity contribution < 1.29 is 4.79 Å². The second kappa shape index (κ2) is 6.55. The average Bonchev–Trinajstić information content (AvgIpc) is 2.47. The Labute approximate surface area is 132 Å². The van der Waals surface area contributed by atoms with Crippen LogP contribution in [0.3, 0.4) is 0 Å². The molecule has 0 atom stereocenters. The molecule has 0 amide bonds. The summed E-state index contributed by atoms with van der Waals surface area (Å²) in [6, 6.07) is 15.3. The van der Waals surface area contributed by atoms with Crippen molar-refractivity contribution in [1.82, 2.24) is 0 Å². The molecule has 0 spiro atoms. The Hall–Kier alpha value is -2.12. The van der Waals surface area contributed by atoms with E-state index >= 15 is 0 Å². The number of ketones is 1.